The molecular weight excluding hydrogens is 786 g/mol. The first-order chi connectivity index (χ1) is 28.7. The Bertz CT molecular complexity index is 2460. The lowest BCUT2D eigenvalue weighted by Gasteiger charge is -2.52. The molecule has 4 aromatic rings. The number of alkyl halides is 3. The van der Waals surface area contributed by atoms with Gasteiger partial charge < -0.3 is 19.9 Å². The van der Waals surface area contributed by atoms with E-state index >= 15 is 0 Å². The Kier molecular flexibility index (Phi) is 9.62. The van der Waals surface area contributed by atoms with Gasteiger partial charge in [-0.05, 0) is 86.8 Å². The number of methoxy groups -OCH3 is 1. The van der Waals surface area contributed by atoms with E-state index in [0.717, 1.165) is 53.8 Å². The number of halogens is 3. The Morgan fingerprint density at radius 1 is 0.917 bits per heavy atom. The number of fused-ring (bicyclic) bond motifs is 2. The minimum Gasteiger partial charge on any atom is -0.494 e. The molecule has 2 aromatic heterocycles. The van der Waals surface area contributed by atoms with Crippen LogP contribution in [0.1, 0.15) is 94.3 Å². The summed E-state index contributed by atoms with van der Waals surface area (Å²) in [6.45, 7) is 2.58. The van der Waals surface area contributed by atoms with Crippen molar-refractivity contribution in [2.24, 2.45) is 11.3 Å². The van der Waals surface area contributed by atoms with Gasteiger partial charge in [-0.15, -0.1) is 0 Å². The van der Waals surface area contributed by atoms with Crippen LogP contribution in [-0.4, -0.2) is 99.3 Å². The SMILES string of the molecule is COc1cc2nn(C3CC4(CCN(C(=O)C5CCN(c6ccc7c(c6)C(=O)N([C@@H]6CCC(=O)NC6=O)C7=O)CC5)CC4)C3)cc2cc1NC(=O)c1cccc(C(F)(F)F)n1. The fourth-order valence-corrected chi connectivity index (χ4v) is 9.47. The maximum atomic E-state index is 13.7. The zero-order chi connectivity index (χ0) is 42.1. The average molecular weight is 827 g/mol. The first-order valence-corrected chi connectivity index (χ1v) is 20.0. The van der Waals surface area contributed by atoms with Crippen LogP contribution in [-0.2, 0) is 20.6 Å². The molecule has 3 saturated heterocycles. The van der Waals surface area contributed by atoms with E-state index in [1.54, 1.807) is 30.3 Å². The summed E-state index contributed by atoms with van der Waals surface area (Å²) < 4.78 is 46.9. The number of amides is 6. The Balaban J connectivity index is 0.771. The molecule has 6 heterocycles. The maximum Gasteiger partial charge on any atom is 0.433 e. The molecule has 2 N–H and O–H groups in total. The second-order valence-electron chi connectivity index (χ2n) is 16.4. The summed E-state index contributed by atoms with van der Waals surface area (Å²) in [4.78, 5) is 85.7. The number of carbonyl (C=O) groups is 6. The number of hydrogen-bond acceptors (Lipinski definition) is 10. The van der Waals surface area contributed by atoms with Crippen molar-refractivity contribution in [1.29, 1.82) is 0 Å². The molecule has 18 heteroatoms. The Morgan fingerprint density at radius 3 is 2.35 bits per heavy atom. The molecule has 4 aliphatic heterocycles. The van der Waals surface area contributed by atoms with Crippen LogP contribution in [0.15, 0.2) is 54.7 Å². The second kappa shape index (κ2) is 14.7. The van der Waals surface area contributed by atoms with Crippen LogP contribution in [0.5, 0.6) is 5.75 Å². The monoisotopic (exact) mass is 826 g/mol. The number of benzene rings is 2. The number of nitrogens with one attached hydrogen (secondary N) is 2. The molecule has 6 amide bonds. The van der Waals surface area contributed by atoms with Crippen molar-refractivity contribution in [3.8, 4) is 5.75 Å². The van der Waals surface area contributed by atoms with Crippen LogP contribution in [0.3, 0.4) is 0 Å². The van der Waals surface area contributed by atoms with Crippen molar-refractivity contribution in [3.05, 3.63) is 77.2 Å². The highest BCUT2D eigenvalue weighted by atomic mass is 19.4. The first kappa shape index (κ1) is 39.1. The minimum absolute atomic E-state index is 0.0523. The van der Waals surface area contributed by atoms with Gasteiger partial charge in [0.15, 0.2) is 0 Å². The highest BCUT2D eigenvalue weighted by Gasteiger charge is 2.48. The minimum atomic E-state index is -4.69. The number of carbonyl (C=O) groups excluding carboxylic acids is 6. The summed E-state index contributed by atoms with van der Waals surface area (Å²) in [7, 11) is 1.43. The smallest absolute Gasteiger partial charge is 0.433 e. The standard InChI is InChI=1S/C42H41F3N8O7/c1-60-33-19-30-24(17-31(33)47-36(55)29-3-2-4-34(46-29)42(43,44)45)22-52(49-30)26-20-41(21-26)11-15-51(16-12-41)38(57)23-9-13-50(14-10-23)25-5-6-27-28(18-25)40(59)53(39(27)58)32-7-8-35(54)48-37(32)56/h2-6,17-19,22-23,26,32H,7-16,20-21H2,1H3,(H,47,55)(H,48,54,56)/t32-/m1/s1. The van der Waals surface area contributed by atoms with Crippen molar-refractivity contribution < 1.29 is 46.7 Å². The molecule has 4 fully saturated rings. The van der Waals surface area contributed by atoms with E-state index in [0.29, 0.717) is 50.3 Å². The lowest BCUT2D eigenvalue weighted by molar-refractivity contribution is -0.141. The van der Waals surface area contributed by atoms with Gasteiger partial charge in [0.2, 0.25) is 17.7 Å². The summed E-state index contributed by atoms with van der Waals surface area (Å²) in [6, 6.07) is 10.7. The topological polar surface area (TPSA) is 176 Å². The van der Waals surface area contributed by atoms with E-state index in [-0.39, 0.29) is 58.6 Å². The molecule has 312 valence electrons. The largest absolute Gasteiger partial charge is 0.494 e. The predicted octanol–water partition coefficient (Wildman–Crippen LogP) is 4.97. The lowest BCUT2D eigenvalue weighted by atomic mass is 9.60. The number of rotatable bonds is 7. The van der Waals surface area contributed by atoms with Gasteiger partial charge in [-0.1, -0.05) is 6.07 Å². The number of imide groups is 2. The molecule has 0 radical (unpaired) electrons. The maximum absolute atomic E-state index is 13.7. The van der Waals surface area contributed by atoms with E-state index in [9.17, 15) is 41.9 Å². The van der Waals surface area contributed by atoms with Gasteiger partial charge in [0.05, 0.1) is 35.5 Å². The zero-order valence-corrected chi connectivity index (χ0v) is 32.6. The Morgan fingerprint density at radius 2 is 1.65 bits per heavy atom. The number of aromatic nitrogens is 3. The van der Waals surface area contributed by atoms with Crippen LogP contribution in [0.25, 0.3) is 10.9 Å². The molecule has 9 rings (SSSR count). The summed E-state index contributed by atoms with van der Waals surface area (Å²) in [5.41, 5.74) is 0.722. The summed E-state index contributed by atoms with van der Waals surface area (Å²) in [5.74, 6) is -2.63. The van der Waals surface area contributed by atoms with Crippen LogP contribution in [0.4, 0.5) is 24.5 Å². The number of ether oxygens (including phenoxy) is 1. The molecule has 5 aliphatic rings. The Labute approximate surface area is 341 Å². The van der Waals surface area contributed by atoms with Gasteiger partial charge in [0, 0.05) is 61.9 Å². The van der Waals surface area contributed by atoms with Crippen molar-refractivity contribution in [1.82, 2.24) is 29.9 Å². The van der Waals surface area contributed by atoms with Crippen molar-refractivity contribution in [2.75, 3.05) is 43.5 Å². The van der Waals surface area contributed by atoms with E-state index in [1.807, 2.05) is 15.8 Å². The molecule has 1 aliphatic carbocycles. The molecule has 60 heavy (non-hydrogen) atoms. The highest BCUT2D eigenvalue weighted by Crippen LogP contribution is 2.55. The third kappa shape index (κ3) is 7.00. The normalized spacial score (nSPS) is 21.0. The number of hydrogen-bond donors (Lipinski definition) is 2. The number of likely N-dealkylation sites (tertiary alicyclic amines) is 1. The van der Waals surface area contributed by atoms with Crippen molar-refractivity contribution in [3.63, 3.8) is 0 Å². The summed E-state index contributed by atoms with van der Waals surface area (Å²) >= 11 is 0. The molecule has 1 atom stereocenters. The van der Waals surface area contributed by atoms with Crippen LogP contribution >= 0.6 is 0 Å². The second-order valence-corrected chi connectivity index (χ2v) is 16.4. The zero-order valence-electron chi connectivity index (χ0n) is 32.6. The quantitative estimate of drug-likeness (QED) is 0.242. The molecule has 1 spiro atoms. The number of nitrogens with zero attached hydrogens (tertiary/aromatic N) is 6. The fraction of sp³-hybridized carbons (Fsp3) is 0.429. The van der Waals surface area contributed by atoms with Gasteiger partial charge in [0.1, 0.15) is 23.2 Å². The Hall–Kier alpha value is -6.33. The number of anilines is 2. The molecule has 0 bridgehead atoms. The van der Waals surface area contributed by atoms with Crippen molar-refractivity contribution in [2.45, 2.75) is 69.6 Å². The predicted molar refractivity (Wildman–Crippen MR) is 208 cm³/mol. The lowest BCUT2D eigenvalue weighted by Crippen LogP contribution is -2.54. The third-order valence-electron chi connectivity index (χ3n) is 12.8. The molecule has 0 unspecified atom stereocenters. The summed E-state index contributed by atoms with van der Waals surface area (Å²) in [6.07, 6.45) is 2.25. The van der Waals surface area contributed by atoms with Crippen LogP contribution < -0.4 is 20.3 Å². The van der Waals surface area contributed by atoms with Gasteiger partial charge >= 0.3 is 6.18 Å². The molecular formula is C42H41F3N8O7. The van der Waals surface area contributed by atoms with Gasteiger partial charge in [-0.2, -0.15) is 18.3 Å². The fourth-order valence-electron chi connectivity index (χ4n) is 9.47. The van der Waals surface area contributed by atoms with E-state index < -0.39 is 47.4 Å². The average Bonchev–Trinajstić information content (AvgIpc) is 3.75. The molecule has 1 saturated carbocycles. The number of piperidine rings is 3. The first-order valence-electron chi connectivity index (χ1n) is 20.0. The molecule has 15 nitrogen and oxygen atoms in total. The van der Waals surface area contributed by atoms with E-state index in [2.05, 4.69) is 20.5 Å². The van der Waals surface area contributed by atoms with E-state index in [4.69, 9.17) is 9.84 Å². The van der Waals surface area contributed by atoms with Crippen LogP contribution in [0, 0.1) is 11.3 Å². The summed E-state index contributed by atoms with van der Waals surface area (Å²) in [5, 5.41) is 10.3. The van der Waals surface area contributed by atoms with Gasteiger partial charge in [0.25, 0.3) is 17.7 Å². The third-order valence-corrected chi connectivity index (χ3v) is 12.8. The molecule has 2 aromatic carbocycles. The van der Waals surface area contributed by atoms with E-state index in [1.165, 1.54) is 13.2 Å². The van der Waals surface area contributed by atoms with Gasteiger partial charge in [-0.3, -0.25) is 43.7 Å². The van der Waals surface area contributed by atoms with Crippen LogP contribution in [0.2, 0.25) is 0 Å². The van der Waals surface area contributed by atoms with Gasteiger partial charge in [-0.25, -0.2) is 4.98 Å². The number of pyridine rings is 1. The van der Waals surface area contributed by atoms with Crippen molar-refractivity contribution >= 4 is 57.7 Å². The highest BCUT2D eigenvalue weighted by molar-refractivity contribution is 6.23.